The van der Waals surface area contributed by atoms with Crippen LogP contribution in [0.2, 0.25) is 0 Å². The molecule has 0 radical (unpaired) electrons. The molecule has 1 atom stereocenters. The first kappa shape index (κ1) is 17.6. The van der Waals surface area contributed by atoms with Gasteiger partial charge in [-0.2, -0.15) is 0 Å². The molecule has 0 bridgehead atoms. The van der Waals surface area contributed by atoms with E-state index in [-0.39, 0.29) is 18.6 Å². The number of benzene rings is 2. The Morgan fingerprint density at radius 3 is 2.65 bits per heavy atom. The summed E-state index contributed by atoms with van der Waals surface area (Å²) in [7, 11) is 1.32. The average Bonchev–Trinajstić information content (AvgIpc) is 2.70. The van der Waals surface area contributed by atoms with Crippen LogP contribution in [0.4, 0.5) is 5.69 Å². The second-order valence-electron chi connectivity index (χ2n) is 5.69. The molecule has 0 fully saturated rings. The fraction of sp³-hybridized carbons (Fsp3) is 0.263. The number of esters is 1. The third-order valence-electron chi connectivity index (χ3n) is 3.87. The number of hydrogen-bond donors (Lipinski definition) is 2. The fourth-order valence-corrected chi connectivity index (χ4v) is 2.55. The second kappa shape index (κ2) is 8.24. The number of rotatable bonds is 6. The Morgan fingerprint density at radius 2 is 1.85 bits per heavy atom. The van der Waals surface area contributed by atoms with Crippen molar-refractivity contribution in [1.82, 2.24) is 5.32 Å². The van der Waals surface area contributed by atoms with Crippen LogP contribution >= 0.6 is 0 Å². The highest BCUT2D eigenvalue weighted by molar-refractivity contribution is 5.96. The van der Waals surface area contributed by atoms with E-state index in [0.717, 1.165) is 0 Å². The first-order chi connectivity index (χ1) is 12.7. The van der Waals surface area contributed by atoms with Crippen LogP contribution in [0.3, 0.4) is 0 Å². The number of carbonyl (C=O) groups excluding carboxylic acids is 2. The minimum absolute atomic E-state index is 0.0260. The SMILES string of the molecule is COC(=O)c1ccccc1NCC(=O)NCC1COc2ccccc2O1. The minimum Gasteiger partial charge on any atom is -0.486 e. The van der Waals surface area contributed by atoms with Gasteiger partial charge in [-0.1, -0.05) is 24.3 Å². The molecule has 0 aliphatic carbocycles. The van der Waals surface area contributed by atoms with Gasteiger partial charge >= 0.3 is 5.97 Å². The maximum absolute atomic E-state index is 12.1. The summed E-state index contributed by atoms with van der Waals surface area (Å²) < 4.78 is 16.1. The van der Waals surface area contributed by atoms with Crippen molar-refractivity contribution in [3.63, 3.8) is 0 Å². The van der Waals surface area contributed by atoms with Crippen LogP contribution < -0.4 is 20.1 Å². The number of methoxy groups -OCH3 is 1. The zero-order chi connectivity index (χ0) is 18.4. The van der Waals surface area contributed by atoms with E-state index in [2.05, 4.69) is 10.6 Å². The van der Waals surface area contributed by atoms with Crippen molar-refractivity contribution in [3.05, 3.63) is 54.1 Å². The van der Waals surface area contributed by atoms with Gasteiger partial charge in [-0.25, -0.2) is 4.79 Å². The summed E-state index contributed by atoms with van der Waals surface area (Å²) in [5, 5.41) is 5.74. The Morgan fingerprint density at radius 1 is 1.12 bits per heavy atom. The first-order valence-electron chi connectivity index (χ1n) is 8.24. The van der Waals surface area contributed by atoms with Crippen molar-refractivity contribution < 1.29 is 23.8 Å². The highest BCUT2D eigenvalue weighted by atomic mass is 16.6. The van der Waals surface area contributed by atoms with Gasteiger partial charge in [0.1, 0.15) is 12.7 Å². The highest BCUT2D eigenvalue weighted by Gasteiger charge is 2.21. The summed E-state index contributed by atoms with van der Waals surface area (Å²) in [6, 6.07) is 14.3. The monoisotopic (exact) mass is 356 g/mol. The van der Waals surface area contributed by atoms with Gasteiger partial charge < -0.3 is 24.8 Å². The molecule has 1 unspecified atom stereocenters. The quantitative estimate of drug-likeness (QED) is 0.768. The largest absolute Gasteiger partial charge is 0.486 e. The Labute approximate surface area is 151 Å². The van der Waals surface area contributed by atoms with Crippen LogP contribution in [0.25, 0.3) is 0 Å². The Bertz CT molecular complexity index is 793. The lowest BCUT2D eigenvalue weighted by Gasteiger charge is -2.26. The van der Waals surface area contributed by atoms with Gasteiger partial charge in [0.05, 0.1) is 25.8 Å². The van der Waals surface area contributed by atoms with Gasteiger partial charge in [-0.3, -0.25) is 4.79 Å². The van der Waals surface area contributed by atoms with Gasteiger partial charge in [0, 0.05) is 5.69 Å². The van der Waals surface area contributed by atoms with E-state index in [0.29, 0.717) is 35.9 Å². The molecule has 3 rings (SSSR count). The molecule has 136 valence electrons. The molecule has 1 amide bonds. The molecular weight excluding hydrogens is 336 g/mol. The summed E-state index contributed by atoms with van der Waals surface area (Å²) in [4.78, 5) is 23.8. The molecule has 26 heavy (non-hydrogen) atoms. The number of para-hydroxylation sites is 3. The molecule has 1 aliphatic rings. The molecule has 2 aromatic rings. The van der Waals surface area contributed by atoms with E-state index in [1.54, 1.807) is 24.3 Å². The van der Waals surface area contributed by atoms with Crippen molar-refractivity contribution in [1.29, 1.82) is 0 Å². The number of anilines is 1. The van der Waals surface area contributed by atoms with Gasteiger partial charge in [0.25, 0.3) is 0 Å². The summed E-state index contributed by atoms with van der Waals surface area (Å²) in [6.45, 7) is 0.724. The number of nitrogens with one attached hydrogen (secondary N) is 2. The molecule has 2 aromatic carbocycles. The summed E-state index contributed by atoms with van der Waals surface area (Å²) in [5.41, 5.74) is 0.920. The number of fused-ring (bicyclic) bond motifs is 1. The maximum Gasteiger partial charge on any atom is 0.339 e. The second-order valence-corrected chi connectivity index (χ2v) is 5.69. The molecule has 2 N–H and O–H groups in total. The van der Waals surface area contributed by atoms with Crippen molar-refractivity contribution in [3.8, 4) is 11.5 Å². The van der Waals surface area contributed by atoms with Gasteiger partial charge in [-0.15, -0.1) is 0 Å². The van der Waals surface area contributed by atoms with E-state index in [1.165, 1.54) is 7.11 Å². The molecule has 0 saturated heterocycles. The van der Waals surface area contributed by atoms with Crippen LogP contribution in [0, 0.1) is 0 Å². The predicted octanol–water partition coefficient (Wildman–Crippen LogP) is 1.84. The normalized spacial score (nSPS) is 15.0. The minimum atomic E-state index is -0.458. The predicted molar refractivity (Wildman–Crippen MR) is 95.6 cm³/mol. The zero-order valence-electron chi connectivity index (χ0n) is 14.4. The molecule has 0 spiro atoms. The lowest BCUT2D eigenvalue weighted by atomic mass is 10.2. The molecule has 0 saturated carbocycles. The van der Waals surface area contributed by atoms with Crippen molar-refractivity contribution in [2.75, 3.05) is 32.1 Å². The number of ether oxygens (including phenoxy) is 3. The third kappa shape index (κ3) is 4.24. The summed E-state index contributed by atoms with van der Waals surface area (Å²) in [5.74, 6) is 0.700. The molecular formula is C19H20N2O5. The molecule has 1 heterocycles. The van der Waals surface area contributed by atoms with Gasteiger partial charge in [0.2, 0.25) is 5.91 Å². The third-order valence-corrected chi connectivity index (χ3v) is 3.87. The van der Waals surface area contributed by atoms with Crippen LogP contribution in [0.1, 0.15) is 10.4 Å². The molecule has 7 nitrogen and oxygen atoms in total. The smallest absolute Gasteiger partial charge is 0.339 e. The maximum atomic E-state index is 12.1. The van der Waals surface area contributed by atoms with Crippen molar-refractivity contribution in [2.45, 2.75) is 6.10 Å². The zero-order valence-corrected chi connectivity index (χ0v) is 14.4. The van der Waals surface area contributed by atoms with Crippen LogP contribution in [0.5, 0.6) is 11.5 Å². The topological polar surface area (TPSA) is 85.9 Å². The van der Waals surface area contributed by atoms with Crippen LogP contribution in [-0.4, -0.2) is 44.8 Å². The first-order valence-corrected chi connectivity index (χ1v) is 8.24. The van der Waals surface area contributed by atoms with Crippen LogP contribution in [0.15, 0.2) is 48.5 Å². The molecule has 0 aromatic heterocycles. The van der Waals surface area contributed by atoms with Crippen molar-refractivity contribution in [2.24, 2.45) is 0 Å². The lowest BCUT2D eigenvalue weighted by Crippen LogP contribution is -2.42. The number of amides is 1. The lowest BCUT2D eigenvalue weighted by molar-refractivity contribution is -0.119. The Hall–Kier alpha value is -3.22. The van der Waals surface area contributed by atoms with Crippen LogP contribution in [-0.2, 0) is 9.53 Å². The van der Waals surface area contributed by atoms with Gasteiger partial charge in [0.15, 0.2) is 11.5 Å². The number of hydrogen-bond acceptors (Lipinski definition) is 6. The van der Waals surface area contributed by atoms with E-state index >= 15 is 0 Å². The number of carbonyl (C=O) groups is 2. The average molecular weight is 356 g/mol. The van der Waals surface area contributed by atoms with E-state index in [4.69, 9.17) is 14.2 Å². The standard InChI is InChI=1S/C19H20N2O5/c1-24-19(23)14-6-2-3-7-15(14)20-11-18(22)21-10-13-12-25-16-8-4-5-9-17(16)26-13/h2-9,13,20H,10-12H2,1H3,(H,21,22). The van der Waals surface area contributed by atoms with E-state index in [1.807, 2.05) is 24.3 Å². The Kier molecular flexibility index (Phi) is 5.58. The molecule has 1 aliphatic heterocycles. The summed E-state index contributed by atoms with van der Waals surface area (Å²) >= 11 is 0. The van der Waals surface area contributed by atoms with Crippen molar-refractivity contribution >= 4 is 17.6 Å². The summed E-state index contributed by atoms with van der Waals surface area (Å²) in [6.07, 6.45) is -0.254. The highest BCUT2D eigenvalue weighted by Crippen LogP contribution is 2.30. The Balaban J connectivity index is 1.48. The van der Waals surface area contributed by atoms with E-state index in [9.17, 15) is 9.59 Å². The fourth-order valence-electron chi connectivity index (χ4n) is 2.55. The van der Waals surface area contributed by atoms with E-state index < -0.39 is 5.97 Å². The molecule has 7 heteroatoms. The van der Waals surface area contributed by atoms with Gasteiger partial charge in [-0.05, 0) is 24.3 Å².